The number of imide groups is 1. The molecule has 2 aromatic rings. The zero-order valence-corrected chi connectivity index (χ0v) is 19.3. The van der Waals surface area contributed by atoms with Crippen molar-refractivity contribution in [2.24, 2.45) is 16.7 Å². The second-order valence-electron chi connectivity index (χ2n) is 9.81. The molecule has 0 aromatic heterocycles. The Balaban J connectivity index is 1.65. The van der Waals surface area contributed by atoms with E-state index in [1.54, 1.807) is 36.3 Å². The van der Waals surface area contributed by atoms with Crippen LogP contribution in [-0.2, 0) is 20.9 Å². The largest absolute Gasteiger partial charge is 0.497 e. The van der Waals surface area contributed by atoms with Crippen molar-refractivity contribution in [3.8, 4) is 5.75 Å². The first-order valence-electron chi connectivity index (χ1n) is 10.9. The molecule has 32 heavy (non-hydrogen) atoms. The molecule has 0 N–H and O–H groups in total. The van der Waals surface area contributed by atoms with E-state index in [1.165, 1.54) is 4.90 Å². The van der Waals surface area contributed by atoms with E-state index in [4.69, 9.17) is 4.74 Å². The van der Waals surface area contributed by atoms with E-state index in [-0.39, 0.29) is 40.9 Å². The molecule has 0 bridgehead atoms. The molecular formula is C26H30N2O4. The summed E-state index contributed by atoms with van der Waals surface area (Å²) in [7, 11) is 1.56. The van der Waals surface area contributed by atoms with Crippen molar-refractivity contribution < 1.29 is 19.1 Å². The van der Waals surface area contributed by atoms with Gasteiger partial charge in [0.25, 0.3) is 5.91 Å². The molecule has 2 aromatic carbocycles. The van der Waals surface area contributed by atoms with Crippen LogP contribution in [0.1, 0.15) is 39.7 Å². The highest BCUT2D eigenvalue weighted by atomic mass is 16.5. The van der Waals surface area contributed by atoms with Gasteiger partial charge in [-0.3, -0.25) is 14.4 Å². The molecule has 2 aliphatic rings. The minimum absolute atomic E-state index is 0.0169. The molecule has 6 nitrogen and oxygen atoms in total. The van der Waals surface area contributed by atoms with Crippen LogP contribution in [0.15, 0.2) is 54.6 Å². The van der Waals surface area contributed by atoms with Gasteiger partial charge in [0, 0.05) is 12.5 Å². The number of ether oxygens (including phenoxy) is 1. The van der Waals surface area contributed by atoms with Crippen molar-refractivity contribution in [1.82, 2.24) is 4.90 Å². The maximum atomic E-state index is 13.7. The second kappa shape index (κ2) is 7.76. The molecule has 1 saturated carbocycles. The SMILES string of the molecule is COc1ccc(N2C(=O)CC(N(Cc3ccccc3)C(=O)C3C(C)(C)C3(C)C)C2=O)cc1. The van der Waals surface area contributed by atoms with Crippen LogP contribution in [0.2, 0.25) is 0 Å². The third-order valence-corrected chi connectivity index (χ3v) is 7.58. The zero-order chi connectivity index (χ0) is 23.3. The second-order valence-corrected chi connectivity index (χ2v) is 9.81. The van der Waals surface area contributed by atoms with Gasteiger partial charge in [-0.15, -0.1) is 0 Å². The number of methoxy groups -OCH3 is 1. The predicted octanol–water partition coefficient (Wildman–Crippen LogP) is 4.04. The minimum Gasteiger partial charge on any atom is -0.497 e. The number of benzene rings is 2. The van der Waals surface area contributed by atoms with E-state index < -0.39 is 6.04 Å². The quantitative estimate of drug-likeness (QED) is 0.644. The Hall–Kier alpha value is -3.15. The molecule has 168 valence electrons. The number of hydrogen-bond acceptors (Lipinski definition) is 4. The maximum Gasteiger partial charge on any atom is 0.257 e. The Morgan fingerprint density at radius 2 is 1.59 bits per heavy atom. The Morgan fingerprint density at radius 1 is 1.00 bits per heavy atom. The standard InChI is InChI=1S/C26H30N2O4/c1-25(2)22(26(25,3)4)24(31)27(16-17-9-7-6-8-10-17)20-15-21(29)28(23(20)30)18-11-13-19(32-5)14-12-18/h6-14,20,22H,15-16H2,1-5H3. The average molecular weight is 435 g/mol. The van der Waals surface area contributed by atoms with Gasteiger partial charge in [-0.2, -0.15) is 0 Å². The topological polar surface area (TPSA) is 66.9 Å². The van der Waals surface area contributed by atoms with Crippen molar-refractivity contribution in [2.75, 3.05) is 12.0 Å². The molecular weight excluding hydrogens is 404 g/mol. The highest BCUT2D eigenvalue weighted by Crippen LogP contribution is 2.69. The van der Waals surface area contributed by atoms with E-state index in [0.29, 0.717) is 18.0 Å². The van der Waals surface area contributed by atoms with E-state index in [0.717, 1.165) is 5.56 Å². The number of rotatable bonds is 6. The maximum absolute atomic E-state index is 13.7. The summed E-state index contributed by atoms with van der Waals surface area (Å²) >= 11 is 0. The van der Waals surface area contributed by atoms with Gasteiger partial charge >= 0.3 is 0 Å². The number of hydrogen-bond donors (Lipinski definition) is 0. The van der Waals surface area contributed by atoms with Crippen LogP contribution in [0.4, 0.5) is 5.69 Å². The zero-order valence-electron chi connectivity index (χ0n) is 19.3. The third kappa shape index (κ3) is 3.48. The summed E-state index contributed by atoms with van der Waals surface area (Å²) in [6, 6.07) is 15.6. The number of amides is 3. The summed E-state index contributed by atoms with van der Waals surface area (Å²) in [6.07, 6.45) is -0.0169. The Labute approximate surface area is 189 Å². The normalized spacial score (nSPS) is 21.5. The summed E-state index contributed by atoms with van der Waals surface area (Å²) in [6.45, 7) is 8.63. The van der Waals surface area contributed by atoms with E-state index in [1.807, 2.05) is 30.3 Å². The number of nitrogens with zero attached hydrogens (tertiary/aromatic N) is 2. The first-order chi connectivity index (χ1) is 15.1. The number of carbonyl (C=O) groups is 3. The average Bonchev–Trinajstić information content (AvgIpc) is 3.00. The van der Waals surface area contributed by atoms with Gasteiger partial charge in [0.05, 0.1) is 19.2 Å². The van der Waals surface area contributed by atoms with E-state index in [2.05, 4.69) is 27.7 Å². The monoisotopic (exact) mass is 434 g/mol. The lowest BCUT2D eigenvalue weighted by Gasteiger charge is -2.29. The Kier molecular flexibility index (Phi) is 5.35. The van der Waals surface area contributed by atoms with Crippen LogP contribution in [0, 0.1) is 16.7 Å². The summed E-state index contributed by atoms with van der Waals surface area (Å²) in [4.78, 5) is 42.9. The third-order valence-electron chi connectivity index (χ3n) is 7.58. The summed E-state index contributed by atoms with van der Waals surface area (Å²) < 4.78 is 5.17. The smallest absolute Gasteiger partial charge is 0.257 e. The summed E-state index contributed by atoms with van der Waals surface area (Å²) in [5, 5.41) is 0. The van der Waals surface area contributed by atoms with Gasteiger partial charge in [-0.1, -0.05) is 58.0 Å². The molecule has 1 saturated heterocycles. The fourth-order valence-electron chi connectivity index (χ4n) is 4.96. The van der Waals surface area contributed by atoms with Crippen molar-refractivity contribution in [2.45, 2.75) is 46.7 Å². The molecule has 3 amide bonds. The van der Waals surface area contributed by atoms with Crippen LogP contribution in [0.25, 0.3) is 0 Å². The van der Waals surface area contributed by atoms with Gasteiger partial charge in [0.2, 0.25) is 11.8 Å². The molecule has 1 unspecified atom stereocenters. The molecule has 2 fully saturated rings. The highest BCUT2D eigenvalue weighted by molar-refractivity contribution is 6.23. The van der Waals surface area contributed by atoms with Gasteiger partial charge in [-0.05, 0) is 40.7 Å². The molecule has 1 heterocycles. The van der Waals surface area contributed by atoms with E-state index >= 15 is 0 Å². The van der Waals surface area contributed by atoms with Gasteiger partial charge < -0.3 is 9.64 Å². The van der Waals surface area contributed by atoms with E-state index in [9.17, 15) is 14.4 Å². The molecule has 1 atom stereocenters. The molecule has 0 radical (unpaired) electrons. The molecule has 4 rings (SSSR count). The van der Waals surface area contributed by atoms with Crippen LogP contribution in [0.5, 0.6) is 5.75 Å². The van der Waals surface area contributed by atoms with Crippen molar-refractivity contribution >= 4 is 23.4 Å². The Morgan fingerprint density at radius 3 is 2.12 bits per heavy atom. The van der Waals surface area contributed by atoms with Gasteiger partial charge in [0.15, 0.2) is 0 Å². The van der Waals surface area contributed by atoms with Crippen LogP contribution < -0.4 is 9.64 Å². The molecule has 1 aliphatic heterocycles. The Bertz CT molecular complexity index is 1030. The summed E-state index contributed by atoms with van der Waals surface area (Å²) in [5.41, 5.74) is 1.09. The molecule has 0 spiro atoms. The van der Waals surface area contributed by atoms with Crippen LogP contribution in [0.3, 0.4) is 0 Å². The lowest BCUT2D eigenvalue weighted by atomic mass is 10.0. The lowest BCUT2D eigenvalue weighted by molar-refractivity contribution is -0.141. The van der Waals surface area contributed by atoms with Gasteiger partial charge in [-0.25, -0.2) is 4.90 Å². The lowest BCUT2D eigenvalue weighted by Crippen LogP contribution is -2.46. The number of anilines is 1. The van der Waals surface area contributed by atoms with Crippen LogP contribution in [-0.4, -0.2) is 35.8 Å². The molecule has 1 aliphatic carbocycles. The fraction of sp³-hybridized carbons (Fsp3) is 0.423. The first-order valence-corrected chi connectivity index (χ1v) is 10.9. The first kappa shape index (κ1) is 22.1. The summed E-state index contributed by atoms with van der Waals surface area (Å²) in [5.74, 6) is -0.280. The fourth-order valence-corrected chi connectivity index (χ4v) is 4.96. The number of carbonyl (C=O) groups excluding carboxylic acids is 3. The van der Waals surface area contributed by atoms with Crippen molar-refractivity contribution in [3.05, 3.63) is 60.2 Å². The van der Waals surface area contributed by atoms with Crippen LogP contribution >= 0.6 is 0 Å². The van der Waals surface area contributed by atoms with Crippen molar-refractivity contribution in [3.63, 3.8) is 0 Å². The molecule has 6 heteroatoms. The van der Waals surface area contributed by atoms with Gasteiger partial charge in [0.1, 0.15) is 11.8 Å². The predicted molar refractivity (Wildman–Crippen MR) is 122 cm³/mol. The highest BCUT2D eigenvalue weighted by Gasteiger charge is 2.69. The minimum atomic E-state index is -0.815. The van der Waals surface area contributed by atoms with Crippen molar-refractivity contribution in [1.29, 1.82) is 0 Å².